The Labute approximate surface area is 192 Å². The molecule has 3 nitrogen and oxygen atoms in total. The summed E-state index contributed by atoms with van der Waals surface area (Å²) >= 11 is 3.45. The average Bonchev–Trinajstić information content (AvgIpc) is 3.10. The van der Waals surface area contributed by atoms with Gasteiger partial charge in [0, 0.05) is 29.3 Å². The molecule has 0 fully saturated rings. The quantitative estimate of drug-likeness (QED) is 0.422. The molecule has 0 bridgehead atoms. The van der Waals surface area contributed by atoms with Gasteiger partial charge in [-0.1, -0.05) is 12.1 Å². The van der Waals surface area contributed by atoms with E-state index in [0.717, 1.165) is 22.8 Å². The van der Waals surface area contributed by atoms with E-state index in [0.29, 0.717) is 22.2 Å². The molecule has 1 unspecified atom stereocenters. The standard InChI is InChI=1S/C25H20BrF3N2O/c26-23-5-6-24(30)31-25(23)17(7-14-8-19(28)12-20(29)9-14)11-21(32)10-16-2-1-15-3-4-18(27)13-22(15)16/h2-6,8-9,12-13,17H,1,7,10-11H2,(H2,30,31). The van der Waals surface area contributed by atoms with E-state index >= 15 is 0 Å². The summed E-state index contributed by atoms with van der Waals surface area (Å²) < 4.78 is 41.8. The molecule has 1 aliphatic rings. The first-order chi connectivity index (χ1) is 15.3. The van der Waals surface area contributed by atoms with Crippen LogP contribution < -0.4 is 5.73 Å². The summed E-state index contributed by atoms with van der Waals surface area (Å²) in [5, 5.41) is 0. The number of hydrogen-bond donors (Lipinski definition) is 1. The Bertz CT molecular complexity index is 1210. The maximum Gasteiger partial charge on any atom is 0.137 e. The summed E-state index contributed by atoms with van der Waals surface area (Å²) in [4.78, 5) is 17.4. The first-order valence-electron chi connectivity index (χ1n) is 10.1. The number of pyridine rings is 1. The number of carbonyl (C=O) groups excluding carboxylic acids is 1. The Kier molecular flexibility index (Phi) is 6.46. The van der Waals surface area contributed by atoms with Gasteiger partial charge in [-0.2, -0.15) is 0 Å². The minimum atomic E-state index is -0.681. The molecule has 1 heterocycles. The fraction of sp³-hybridized carbons (Fsp3) is 0.200. The number of hydrogen-bond acceptors (Lipinski definition) is 3. The highest BCUT2D eigenvalue weighted by Gasteiger charge is 2.24. The molecule has 0 saturated heterocycles. The number of carbonyl (C=O) groups is 1. The largest absolute Gasteiger partial charge is 0.384 e. The normalized spacial score (nSPS) is 13.6. The molecule has 164 valence electrons. The zero-order valence-electron chi connectivity index (χ0n) is 17.0. The van der Waals surface area contributed by atoms with Crippen molar-refractivity contribution in [1.82, 2.24) is 4.98 Å². The molecule has 0 radical (unpaired) electrons. The molecular formula is C25H20BrF3N2O. The molecule has 1 aromatic heterocycles. The lowest BCUT2D eigenvalue weighted by Crippen LogP contribution is -2.13. The fourth-order valence-electron chi connectivity index (χ4n) is 4.13. The van der Waals surface area contributed by atoms with Crippen LogP contribution in [0.4, 0.5) is 19.0 Å². The van der Waals surface area contributed by atoms with Crippen LogP contribution in [0.15, 0.2) is 59.1 Å². The predicted octanol–water partition coefficient (Wildman–Crippen LogP) is 6.16. The van der Waals surface area contributed by atoms with Gasteiger partial charge >= 0.3 is 0 Å². The molecular weight excluding hydrogens is 481 g/mol. The highest BCUT2D eigenvalue weighted by atomic mass is 79.9. The first kappa shape index (κ1) is 22.3. The van der Waals surface area contributed by atoms with Crippen molar-refractivity contribution in [3.05, 3.63) is 98.9 Å². The van der Waals surface area contributed by atoms with Crippen molar-refractivity contribution >= 4 is 33.1 Å². The minimum absolute atomic E-state index is 0.0774. The monoisotopic (exact) mass is 500 g/mol. The smallest absolute Gasteiger partial charge is 0.137 e. The predicted molar refractivity (Wildman–Crippen MR) is 121 cm³/mol. The van der Waals surface area contributed by atoms with Gasteiger partial charge in [0.1, 0.15) is 29.1 Å². The van der Waals surface area contributed by atoms with Gasteiger partial charge in [-0.15, -0.1) is 0 Å². The number of fused-ring (bicyclic) bond motifs is 1. The van der Waals surface area contributed by atoms with Crippen LogP contribution >= 0.6 is 15.9 Å². The van der Waals surface area contributed by atoms with Crippen molar-refractivity contribution in [2.24, 2.45) is 0 Å². The molecule has 1 aliphatic carbocycles. The third-order valence-electron chi connectivity index (χ3n) is 5.53. The van der Waals surface area contributed by atoms with E-state index in [-0.39, 0.29) is 36.7 Å². The number of ketones is 1. The molecule has 7 heteroatoms. The Balaban J connectivity index is 1.58. The summed E-state index contributed by atoms with van der Waals surface area (Å²) in [6, 6.07) is 11.3. The molecule has 0 amide bonds. The van der Waals surface area contributed by atoms with Gasteiger partial charge in [-0.25, -0.2) is 18.2 Å². The number of nitrogens with zero attached hydrogens (tertiary/aromatic N) is 1. The molecule has 32 heavy (non-hydrogen) atoms. The van der Waals surface area contributed by atoms with Crippen molar-refractivity contribution in [3.63, 3.8) is 0 Å². The van der Waals surface area contributed by atoms with Crippen LogP contribution in [0.5, 0.6) is 0 Å². The SMILES string of the molecule is Nc1ccc(Br)c(C(CC(=O)CC2=CCc3ccc(F)cc32)Cc2cc(F)cc(F)c2)n1. The molecule has 2 aromatic carbocycles. The van der Waals surface area contributed by atoms with E-state index in [1.165, 1.54) is 24.3 Å². The van der Waals surface area contributed by atoms with Crippen LogP contribution in [0.3, 0.4) is 0 Å². The molecule has 4 rings (SSSR count). The lowest BCUT2D eigenvalue weighted by molar-refractivity contribution is -0.118. The van der Waals surface area contributed by atoms with Crippen LogP contribution in [0.2, 0.25) is 0 Å². The number of aromatic nitrogens is 1. The van der Waals surface area contributed by atoms with Crippen LogP contribution in [-0.4, -0.2) is 10.8 Å². The van der Waals surface area contributed by atoms with Crippen molar-refractivity contribution in [2.45, 2.75) is 31.6 Å². The molecule has 3 aromatic rings. The minimum Gasteiger partial charge on any atom is -0.384 e. The van der Waals surface area contributed by atoms with Gasteiger partial charge in [-0.05, 0) is 87.4 Å². The Morgan fingerprint density at radius 3 is 2.53 bits per heavy atom. The number of halogens is 4. The Hall–Kier alpha value is -2.93. The van der Waals surface area contributed by atoms with Crippen molar-refractivity contribution < 1.29 is 18.0 Å². The van der Waals surface area contributed by atoms with E-state index in [1.807, 2.05) is 6.08 Å². The second kappa shape index (κ2) is 9.28. The summed E-state index contributed by atoms with van der Waals surface area (Å²) in [6.45, 7) is 0. The van der Waals surface area contributed by atoms with Gasteiger partial charge in [0.25, 0.3) is 0 Å². The van der Waals surface area contributed by atoms with Crippen LogP contribution in [0, 0.1) is 17.5 Å². The van der Waals surface area contributed by atoms with Gasteiger partial charge in [0.05, 0.1) is 5.69 Å². The van der Waals surface area contributed by atoms with Crippen molar-refractivity contribution in [3.8, 4) is 0 Å². The van der Waals surface area contributed by atoms with Crippen molar-refractivity contribution in [1.29, 1.82) is 0 Å². The van der Waals surface area contributed by atoms with Crippen molar-refractivity contribution in [2.75, 3.05) is 5.73 Å². The number of rotatable bonds is 7. The highest BCUT2D eigenvalue weighted by Crippen LogP contribution is 2.34. The third kappa shape index (κ3) is 5.10. The van der Waals surface area contributed by atoms with E-state index in [9.17, 15) is 18.0 Å². The molecule has 0 spiro atoms. The second-order valence-electron chi connectivity index (χ2n) is 7.94. The lowest BCUT2D eigenvalue weighted by atomic mass is 9.88. The zero-order chi connectivity index (χ0) is 22.8. The van der Waals surface area contributed by atoms with E-state index < -0.39 is 17.6 Å². The molecule has 2 N–H and O–H groups in total. The number of allylic oxidation sites excluding steroid dienone is 2. The molecule has 0 aliphatic heterocycles. The van der Waals surface area contributed by atoms with E-state index in [1.54, 1.807) is 18.2 Å². The second-order valence-corrected chi connectivity index (χ2v) is 8.79. The highest BCUT2D eigenvalue weighted by molar-refractivity contribution is 9.10. The zero-order valence-corrected chi connectivity index (χ0v) is 18.6. The summed E-state index contributed by atoms with van der Waals surface area (Å²) in [5.74, 6) is -1.95. The number of benzene rings is 2. The first-order valence-corrected chi connectivity index (χ1v) is 10.9. The topological polar surface area (TPSA) is 56.0 Å². The van der Waals surface area contributed by atoms with E-state index in [4.69, 9.17) is 5.73 Å². The van der Waals surface area contributed by atoms with Gasteiger partial charge in [-0.3, -0.25) is 4.79 Å². The maximum absolute atomic E-state index is 13.7. The van der Waals surface area contributed by atoms with Crippen LogP contribution in [-0.2, 0) is 17.6 Å². The molecule has 0 saturated carbocycles. The average molecular weight is 501 g/mol. The number of nitrogen functional groups attached to an aromatic ring is 1. The number of nitrogens with two attached hydrogens (primary N) is 1. The van der Waals surface area contributed by atoms with Gasteiger partial charge in [0.15, 0.2) is 0 Å². The third-order valence-corrected chi connectivity index (χ3v) is 6.20. The Morgan fingerprint density at radius 2 is 1.78 bits per heavy atom. The summed E-state index contributed by atoms with van der Waals surface area (Å²) in [6.07, 6.45) is 3.04. The number of anilines is 1. The van der Waals surface area contributed by atoms with Crippen LogP contribution in [0.25, 0.3) is 5.57 Å². The molecule has 1 atom stereocenters. The fourth-order valence-corrected chi connectivity index (χ4v) is 4.68. The van der Waals surface area contributed by atoms with Gasteiger partial charge < -0.3 is 5.73 Å². The van der Waals surface area contributed by atoms with E-state index in [2.05, 4.69) is 20.9 Å². The van der Waals surface area contributed by atoms with Crippen LogP contribution in [0.1, 0.15) is 41.1 Å². The van der Waals surface area contributed by atoms with Gasteiger partial charge in [0.2, 0.25) is 0 Å². The number of Topliss-reactive ketones (excluding diaryl/α,β-unsaturated/α-hetero) is 1. The summed E-state index contributed by atoms with van der Waals surface area (Å²) in [5.41, 5.74) is 9.36. The maximum atomic E-state index is 13.7. The summed E-state index contributed by atoms with van der Waals surface area (Å²) in [7, 11) is 0. The lowest BCUT2D eigenvalue weighted by Gasteiger charge is -2.18. The Morgan fingerprint density at radius 1 is 1.03 bits per heavy atom.